The van der Waals surface area contributed by atoms with Gasteiger partial charge in [0, 0.05) is 13.2 Å². The van der Waals surface area contributed by atoms with Gasteiger partial charge in [0.2, 0.25) is 0 Å². The molecule has 7 nitrogen and oxygen atoms in total. The third kappa shape index (κ3) is 13.8. The van der Waals surface area contributed by atoms with E-state index in [0.29, 0.717) is 6.61 Å². The minimum Gasteiger partial charge on any atom is -0.480 e. The minimum atomic E-state index is -1.12. The molecule has 0 heterocycles. The smallest absolute Gasteiger partial charge is 0.317 e. The van der Waals surface area contributed by atoms with Gasteiger partial charge in [-0.1, -0.05) is 39.0 Å². The van der Waals surface area contributed by atoms with E-state index in [9.17, 15) is 14.7 Å². The molecule has 0 bridgehead atoms. The van der Waals surface area contributed by atoms with Crippen LogP contribution < -0.4 is 0 Å². The van der Waals surface area contributed by atoms with E-state index in [0.717, 1.165) is 12.8 Å². The van der Waals surface area contributed by atoms with Crippen LogP contribution in [0.1, 0.15) is 45.4 Å². The quantitative estimate of drug-likeness (QED) is 0.389. The summed E-state index contributed by atoms with van der Waals surface area (Å²) in [6.07, 6.45) is 6.03. The average molecular weight is 319 g/mol. The first kappa shape index (κ1) is 20.8. The summed E-state index contributed by atoms with van der Waals surface area (Å²) in [6, 6.07) is 0. The lowest BCUT2D eigenvalue weighted by molar-refractivity contribution is -0.142. The van der Waals surface area contributed by atoms with E-state index in [1.165, 1.54) is 30.6 Å². The molecule has 0 aliphatic heterocycles. The molecule has 0 saturated carbocycles. The van der Waals surface area contributed by atoms with Crippen LogP contribution in [0.2, 0.25) is 0 Å². The third-order valence-electron chi connectivity index (χ3n) is 3.14. The van der Waals surface area contributed by atoms with Crippen LogP contribution in [0.3, 0.4) is 0 Å². The summed E-state index contributed by atoms with van der Waals surface area (Å²) in [4.78, 5) is 22.4. The molecule has 0 aromatic rings. The van der Waals surface area contributed by atoms with Gasteiger partial charge in [0.05, 0.1) is 25.8 Å². The molecule has 0 amide bonds. The van der Waals surface area contributed by atoms with Crippen LogP contribution in [-0.2, 0) is 14.3 Å². The lowest BCUT2D eigenvalue weighted by Crippen LogP contribution is -2.41. The SMILES string of the molecule is CCCCCCCCOCC(O)CN(CC(=O)O)CC(=O)O. The number of carboxylic acid groups (broad SMARTS) is 2. The van der Waals surface area contributed by atoms with Crippen molar-refractivity contribution >= 4 is 11.9 Å². The molecule has 3 N–H and O–H groups in total. The lowest BCUT2D eigenvalue weighted by atomic mass is 10.1. The predicted molar refractivity (Wildman–Crippen MR) is 81.9 cm³/mol. The van der Waals surface area contributed by atoms with E-state index in [1.54, 1.807) is 0 Å². The van der Waals surface area contributed by atoms with E-state index in [4.69, 9.17) is 14.9 Å². The van der Waals surface area contributed by atoms with Crippen LogP contribution in [0.15, 0.2) is 0 Å². The number of hydrogen-bond acceptors (Lipinski definition) is 5. The maximum Gasteiger partial charge on any atom is 0.317 e. The summed E-state index contributed by atoms with van der Waals surface area (Å²) in [5.41, 5.74) is 0. The largest absolute Gasteiger partial charge is 0.480 e. The van der Waals surface area contributed by atoms with Gasteiger partial charge in [0.1, 0.15) is 0 Å². The second-order valence-corrected chi connectivity index (χ2v) is 5.45. The van der Waals surface area contributed by atoms with Crippen molar-refractivity contribution in [2.45, 2.75) is 51.6 Å². The van der Waals surface area contributed by atoms with E-state index < -0.39 is 31.1 Å². The predicted octanol–water partition coefficient (Wildman–Crippen LogP) is 1.20. The van der Waals surface area contributed by atoms with Crippen molar-refractivity contribution in [1.82, 2.24) is 4.90 Å². The van der Waals surface area contributed by atoms with Crippen LogP contribution in [0.4, 0.5) is 0 Å². The van der Waals surface area contributed by atoms with E-state index in [-0.39, 0.29) is 13.2 Å². The Morgan fingerprint density at radius 3 is 2.09 bits per heavy atom. The molecule has 22 heavy (non-hydrogen) atoms. The molecule has 1 unspecified atom stereocenters. The summed E-state index contributed by atoms with van der Waals surface area (Å²) < 4.78 is 5.34. The van der Waals surface area contributed by atoms with Gasteiger partial charge in [0.15, 0.2) is 0 Å². The fraction of sp³-hybridized carbons (Fsp3) is 0.867. The normalized spacial score (nSPS) is 12.5. The molecule has 0 rings (SSSR count). The Morgan fingerprint density at radius 2 is 1.55 bits per heavy atom. The molecule has 0 saturated heterocycles. The first-order valence-corrected chi connectivity index (χ1v) is 7.87. The highest BCUT2D eigenvalue weighted by molar-refractivity contribution is 5.72. The Balaban J connectivity index is 3.73. The molecule has 0 radical (unpaired) electrons. The van der Waals surface area contributed by atoms with Crippen molar-refractivity contribution < 1.29 is 29.6 Å². The van der Waals surface area contributed by atoms with E-state index in [2.05, 4.69) is 6.92 Å². The number of aliphatic carboxylic acids is 2. The van der Waals surface area contributed by atoms with Gasteiger partial charge in [0.25, 0.3) is 0 Å². The molecule has 0 spiro atoms. The number of ether oxygens (including phenoxy) is 1. The van der Waals surface area contributed by atoms with Crippen LogP contribution >= 0.6 is 0 Å². The van der Waals surface area contributed by atoms with Gasteiger partial charge in [-0.15, -0.1) is 0 Å². The number of aliphatic hydroxyl groups is 1. The lowest BCUT2D eigenvalue weighted by Gasteiger charge is -2.21. The Labute approximate surface area is 131 Å². The summed E-state index contributed by atoms with van der Waals surface area (Å²) in [5, 5.41) is 27.2. The minimum absolute atomic E-state index is 0.0326. The summed E-state index contributed by atoms with van der Waals surface area (Å²) in [7, 11) is 0. The second-order valence-electron chi connectivity index (χ2n) is 5.45. The number of nitrogens with zero attached hydrogens (tertiary/aromatic N) is 1. The number of carboxylic acids is 2. The molecule has 0 aliphatic carbocycles. The van der Waals surface area contributed by atoms with Crippen molar-refractivity contribution in [3.63, 3.8) is 0 Å². The van der Waals surface area contributed by atoms with Gasteiger partial charge >= 0.3 is 11.9 Å². The third-order valence-corrected chi connectivity index (χ3v) is 3.14. The summed E-state index contributed by atoms with van der Waals surface area (Å²) in [5.74, 6) is -2.25. The highest BCUT2D eigenvalue weighted by atomic mass is 16.5. The Bertz CT molecular complexity index is 294. The monoisotopic (exact) mass is 319 g/mol. The summed E-state index contributed by atoms with van der Waals surface area (Å²) >= 11 is 0. The number of hydrogen-bond donors (Lipinski definition) is 3. The van der Waals surface area contributed by atoms with E-state index in [1.807, 2.05) is 0 Å². The Kier molecular flexibility index (Phi) is 12.8. The van der Waals surface area contributed by atoms with Crippen molar-refractivity contribution in [3.05, 3.63) is 0 Å². The van der Waals surface area contributed by atoms with Crippen molar-refractivity contribution in [3.8, 4) is 0 Å². The van der Waals surface area contributed by atoms with Gasteiger partial charge in [-0.05, 0) is 6.42 Å². The molecule has 130 valence electrons. The van der Waals surface area contributed by atoms with Gasteiger partial charge in [-0.2, -0.15) is 0 Å². The maximum absolute atomic E-state index is 10.6. The number of rotatable bonds is 15. The van der Waals surface area contributed by atoms with Gasteiger partial charge in [-0.3, -0.25) is 14.5 Å². The fourth-order valence-electron chi connectivity index (χ4n) is 2.12. The molecule has 0 aromatic carbocycles. The average Bonchev–Trinajstić information content (AvgIpc) is 2.40. The number of aliphatic hydroxyl groups excluding tert-OH is 1. The van der Waals surface area contributed by atoms with Crippen molar-refractivity contribution in [1.29, 1.82) is 0 Å². The Hall–Kier alpha value is -1.18. The summed E-state index contributed by atoms with van der Waals surface area (Å²) in [6.45, 7) is 1.95. The van der Waals surface area contributed by atoms with Gasteiger partial charge < -0.3 is 20.1 Å². The second kappa shape index (κ2) is 13.5. The fourth-order valence-corrected chi connectivity index (χ4v) is 2.12. The zero-order valence-electron chi connectivity index (χ0n) is 13.4. The first-order chi connectivity index (χ1) is 10.5. The molecule has 0 fully saturated rings. The van der Waals surface area contributed by atoms with Crippen molar-refractivity contribution in [2.75, 3.05) is 32.8 Å². The number of unbranched alkanes of at least 4 members (excludes halogenated alkanes) is 5. The molecule has 0 aliphatic rings. The first-order valence-electron chi connectivity index (χ1n) is 7.87. The molecular formula is C15H29NO6. The van der Waals surface area contributed by atoms with E-state index >= 15 is 0 Å². The van der Waals surface area contributed by atoms with Crippen LogP contribution in [0, 0.1) is 0 Å². The maximum atomic E-state index is 10.6. The highest BCUT2D eigenvalue weighted by Crippen LogP contribution is 2.05. The highest BCUT2D eigenvalue weighted by Gasteiger charge is 2.17. The van der Waals surface area contributed by atoms with Crippen LogP contribution in [0.5, 0.6) is 0 Å². The molecular weight excluding hydrogens is 290 g/mol. The van der Waals surface area contributed by atoms with Crippen LogP contribution in [0.25, 0.3) is 0 Å². The molecule has 7 heteroatoms. The topological polar surface area (TPSA) is 107 Å². The number of carbonyl (C=O) groups is 2. The Morgan fingerprint density at radius 1 is 1.00 bits per heavy atom. The zero-order valence-corrected chi connectivity index (χ0v) is 13.4. The molecule has 0 aromatic heterocycles. The zero-order chi connectivity index (χ0) is 16.8. The van der Waals surface area contributed by atoms with Crippen molar-refractivity contribution in [2.24, 2.45) is 0 Å². The van der Waals surface area contributed by atoms with Crippen LogP contribution in [-0.4, -0.2) is 71.1 Å². The standard InChI is InChI=1S/C15H29NO6/c1-2-3-4-5-6-7-8-22-12-13(17)9-16(10-14(18)19)11-15(20)21/h13,17H,2-12H2,1H3,(H,18,19)(H,20,21). The molecule has 1 atom stereocenters. The van der Waals surface area contributed by atoms with Gasteiger partial charge in [-0.25, -0.2) is 0 Å².